The summed E-state index contributed by atoms with van der Waals surface area (Å²) in [6.45, 7) is 0. The minimum atomic E-state index is -3.34. The van der Waals surface area contributed by atoms with E-state index in [0.717, 1.165) is 6.08 Å². The van der Waals surface area contributed by atoms with Gasteiger partial charge in [0.15, 0.2) is 0 Å². The second-order valence-electron chi connectivity index (χ2n) is 2.53. The Labute approximate surface area is 73.9 Å². The van der Waals surface area contributed by atoms with E-state index in [1.165, 1.54) is 0 Å². The number of hydrogen-bond donors (Lipinski definition) is 0. The van der Waals surface area contributed by atoms with E-state index >= 15 is 0 Å². The first-order valence-electron chi connectivity index (χ1n) is 3.65. The predicted octanol–water partition coefficient (Wildman–Crippen LogP) is 2.16. The van der Waals surface area contributed by atoms with Crippen LogP contribution >= 0.6 is 0 Å². The quantitative estimate of drug-likeness (QED) is 0.401. The van der Waals surface area contributed by atoms with Crippen molar-refractivity contribution in [2.45, 2.75) is 12.5 Å². The molecule has 4 heteroatoms. The van der Waals surface area contributed by atoms with E-state index in [4.69, 9.17) is 0 Å². The Balaban J connectivity index is 2.74. The van der Waals surface area contributed by atoms with Gasteiger partial charge in [0.25, 0.3) is 0 Å². The third kappa shape index (κ3) is 3.13. The number of carbonyl (C=O) groups excluding carboxylic acids is 1. The van der Waals surface area contributed by atoms with Crippen molar-refractivity contribution in [1.29, 1.82) is 0 Å². The van der Waals surface area contributed by atoms with Crippen molar-refractivity contribution in [2.24, 2.45) is 4.99 Å². The van der Waals surface area contributed by atoms with Crippen molar-refractivity contribution in [2.75, 3.05) is 0 Å². The highest BCUT2D eigenvalue weighted by Crippen LogP contribution is 2.20. The second kappa shape index (κ2) is 3.92. The second-order valence-corrected chi connectivity index (χ2v) is 2.53. The number of alkyl halides is 2. The molecule has 0 fully saturated rings. The number of nitrogens with zero attached hydrogens (tertiary/aromatic N) is 1. The summed E-state index contributed by atoms with van der Waals surface area (Å²) in [4.78, 5) is 12.1. The van der Waals surface area contributed by atoms with Crippen LogP contribution in [0.1, 0.15) is 5.56 Å². The van der Waals surface area contributed by atoms with Gasteiger partial charge >= 0.3 is 6.05 Å². The van der Waals surface area contributed by atoms with E-state index in [2.05, 4.69) is 4.99 Å². The van der Waals surface area contributed by atoms with Gasteiger partial charge in [-0.15, -0.1) is 4.99 Å². The van der Waals surface area contributed by atoms with Gasteiger partial charge in [-0.25, -0.2) is 4.79 Å². The number of isocyanates is 1. The molecular weight excluding hydrogens is 176 g/mol. The molecule has 0 aromatic heterocycles. The SMILES string of the molecule is O=C=NC(F)(F)Cc1ccccc1. The van der Waals surface area contributed by atoms with Gasteiger partial charge in [-0.1, -0.05) is 30.3 Å². The molecule has 0 saturated carbocycles. The highest BCUT2D eigenvalue weighted by molar-refractivity contribution is 5.34. The largest absolute Gasteiger partial charge is 0.355 e. The molecule has 2 nitrogen and oxygen atoms in total. The summed E-state index contributed by atoms with van der Waals surface area (Å²) in [5.41, 5.74) is 0.437. The molecule has 0 aliphatic rings. The molecule has 13 heavy (non-hydrogen) atoms. The molecule has 68 valence electrons. The van der Waals surface area contributed by atoms with Crippen LogP contribution in [0.25, 0.3) is 0 Å². The fourth-order valence-electron chi connectivity index (χ4n) is 0.948. The molecule has 0 bridgehead atoms. The molecule has 0 aliphatic heterocycles. The molecule has 0 heterocycles. The highest BCUT2D eigenvalue weighted by atomic mass is 19.3. The van der Waals surface area contributed by atoms with Gasteiger partial charge in [0.1, 0.15) is 0 Å². The number of hydrogen-bond acceptors (Lipinski definition) is 2. The van der Waals surface area contributed by atoms with Gasteiger partial charge in [0.2, 0.25) is 6.08 Å². The predicted molar refractivity (Wildman–Crippen MR) is 43.2 cm³/mol. The average molecular weight is 183 g/mol. The molecule has 0 atom stereocenters. The first kappa shape index (κ1) is 9.55. The molecule has 0 spiro atoms. The third-order valence-corrected chi connectivity index (χ3v) is 1.47. The zero-order chi connectivity index (χ0) is 9.73. The highest BCUT2D eigenvalue weighted by Gasteiger charge is 2.27. The molecule has 0 saturated heterocycles. The molecule has 0 unspecified atom stereocenters. The van der Waals surface area contributed by atoms with Gasteiger partial charge in [-0.2, -0.15) is 8.78 Å². The van der Waals surface area contributed by atoms with Gasteiger partial charge in [-0.3, -0.25) is 0 Å². The normalized spacial score (nSPS) is 10.6. The zero-order valence-electron chi connectivity index (χ0n) is 6.71. The lowest BCUT2D eigenvalue weighted by atomic mass is 10.1. The van der Waals surface area contributed by atoms with Crippen LogP contribution in [0.3, 0.4) is 0 Å². The number of benzene rings is 1. The van der Waals surface area contributed by atoms with E-state index in [-0.39, 0.29) is 0 Å². The Morgan fingerprint density at radius 2 is 1.92 bits per heavy atom. The smallest absolute Gasteiger partial charge is 0.211 e. The Bertz CT molecular complexity index is 318. The summed E-state index contributed by atoms with van der Waals surface area (Å²) in [7, 11) is 0. The van der Waals surface area contributed by atoms with Crippen molar-refractivity contribution >= 4 is 6.08 Å². The maximum Gasteiger partial charge on any atom is 0.355 e. The lowest BCUT2D eigenvalue weighted by molar-refractivity contribution is 0.0118. The van der Waals surface area contributed by atoms with E-state index in [1.54, 1.807) is 30.3 Å². The number of rotatable bonds is 3. The minimum Gasteiger partial charge on any atom is -0.211 e. The first-order valence-corrected chi connectivity index (χ1v) is 3.65. The van der Waals surface area contributed by atoms with Crippen molar-refractivity contribution in [3.05, 3.63) is 35.9 Å². The Morgan fingerprint density at radius 1 is 1.31 bits per heavy atom. The zero-order valence-corrected chi connectivity index (χ0v) is 6.71. The van der Waals surface area contributed by atoms with Crippen LogP contribution in [0.4, 0.5) is 8.78 Å². The average Bonchev–Trinajstić information content (AvgIpc) is 2.04. The third-order valence-electron chi connectivity index (χ3n) is 1.47. The molecule has 1 aromatic carbocycles. The standard InChI is InChI=1S/C9H7F2NO/c10-9(11,12-7-13)6-8-4-2-1-3-5-8/h1-5H,6H2. The summed E-state index contributed by atoms with van der Waals surface area (Å²) in [6, 6.07) is 4.78. The van der Waals surface area contributed by atoms with Crippen LogP contribution < -0.4 is 0 Å². The molecule has 1 aromatic rings. The van der Waals surface area contributed by atoms with Crippen molar-refractivity contribution in [3.8, 4) is 0 Å². The summed E-state index contributed by atoms with van der Waals surface area (Å²) in [5.74, 6) is 0. The van der Waals surface area contributed by atoms with E-state index in [1.807, 2.05) is 0 Å². The molecule has 0 aliphatic carbocycles. The first-order chi connectivity index (χ1) is 6.14. The number of halogens is 2. The van der Waals surface area contributed by atoms with Crippen LogP contribution in [-0.2, 0) is 11.2 Å². The molecule has 0 radical (unpaired) electrons. The van der Waals surface area contributed by atoms with Gasteiger partial charge in [0.05, 0.1) is 6.42 Å². The van der Waals surface area contributed by atoms with Crippen molar-refractivity contribution in [1.82, 2.24) is 0 Å². The minimum absolute atomic E-state index is 0.437. The van der Waals surface area contributed by atoms with Gasteiger partial charge < -0.3 is 0 Å². The van der Waals surface area contributed by atoms with E-state index in [9.17, 15) is 13.6 Å². The Kier molecular flexibility index (Phi) is 2.88. The van der Waals surface area contributed by atoms with Crippen molar-refractivity contribution in [3.63, 3.8) is 0 Å². The Hall–Kier alpha value is -1.54. The van der Waals surface area contributed by atoms with Crippen molar-refractivity contribution < 1.29 is 13.6 Å². The summed E-state index contributed by atoms with van der Waals surface area (Å²) in [5, 5.41) is 0. The monoisotopic (exact) mass is 183 g/mol. The van der Waals surface area contributed by atoms with Crippen LogP contribution in [-0.4, -0.2) is 12.1 Å². The van der Waals surface area contributed by atoms with Crippen LogP contribution in [0.2, 0.25) is 0 Å². The summed E-state index contributed by atoms with van der Waals surface area (Å²) >= 11 is 0. The fourth-order valence-corrected chi connectivity index (χ4v) is 0.948. The molecule has 0 amide bonds. The lowest BCUT2D eigenvalue weighted by Crippen LogP contribution is -2.15. The Morgan fingerprint density at radius 3 is 2.46 bits per heavy atom. The maximum absolute atomic E-state index is 12.7. The molecule has 1 rings (SSSR count). The van der Waals surface area contributed by atoms with Crippen LogP contribution in [0, 0.1) is 0 Å². The lowest BCUT2D eigenvalue weighted by Gasteiger charge is -2.07. The summed E-state index contributed by atoms with van der Waals surface area (Å²) < 4.78 is 25.4. The van der Waals surface area contributed by atoms with E-state index < -0.39 is 12.5 Å². The van der Waals surface area contributed by atoms with E-state index in [0.29, 0.717) is 5.56 Å². The van der Waals surface area contributed by atoms with Crippen LogP contribution in [0.5, 0.6) is 0 Å². The van der Waals surface area contributed by atoms with Gasteiger partial charge in [0, 0.05) is 0 Å². The van der Waals surface area contributed by atoms with Gasteiger partial charge in [-0.05, 0) is 5.56 Å². The summed E-state index contributed by atoms with van der Waals surface area (Å²) in [6.07, 6.45) is 0.287. The molecular formula is C9H7F2NO. The topological polar surface area (TPSA) is 29.4 Å². The number of aliphatic imine (C=N–C) groups is 1. The fraction of sp³-hybridized carbons (Fsp3) is 0.222. The van der Waals surface area contributed by atoms with Crippen LogP contribution in [0.15, 0.2) is 35.3 Å². The molecule has 0 N–H and O–H groups in total. The maximum atomic E-state index is 12.7.